The lowest BCUT2D eigenvalue weighted by Gasteiger charge is -2.12. The number of ether oxygens (including phenoxy) is 2. The van der Waals surface area contributed by atoms with E-state index in [0.717, 1.165) is 5.56 Å². The average molecular weight is 456 g/mol. The van der Waals surface area contributed by atoms with Crippen molar-refractivity contribution in [1.29, 1.82) is 0 Å². The molecule has 2 N–H and O–H groups in total. The van der Waals surface area contributed by atoms with Gasteiger partial charge in [-0.2, -0.15) is 0 Å². The largest absolute Gasteiger partial charge is 0.480 e. The zero-order valence-electron chi connectivity index (χ0n) is 17.6. The van der Waals surface area contributed by atoms with E-state index in [0.29, 0.717) is 28.0 Å². The summed E-state index contributed by atoms with van der Waals surface area (Å²) in [7, 11) is 2.66. The number of carbonyl (C=O) groups is 3. The molecular formula is C23H22ClN3O5. The van der Waals surface area contributed by atoms with Crippen LogP contribution in [-0.2, 0) is 27.4 Å². The Balaban J connectivity index is 1.69. The minimum Gasteiger partial charge on any atom is -0.480 e. The maximum absolute atomic E-state index is 12.3. The van der Waals surface area contributed by atoms with Crippen LogP contribution in [0.3, 0.4) is 0 Å². The van der Waals surface area contributed by atoms with Crippen molar-refractivity contribution in [2.45, 2.75) is 19.5 Å². The summed E-state index contributed by atoms with van der Waals surface area (Å²) in [6, 6.07) is 14.3. The standard InChI is InChI=1S/C23H22ClN3O5/c1-31-22-18(23(30)32-2)10-15-8-17(24)9-16(21(15)27-22)13-26-20(29)11-19(28)25-12-14-6-4-3-5-7-14/h3-10H,11-13H2,1-2H3,(H,25,28)(H,26,29). The molecule has 2 amide bonds. The molecule has 3 aromatic rings. The smallest absolute Gasteiger partial charge is 0.343 e. The van der Waals surface area contributed by atoms with Crippen molar-refractivity contribution in [3.8, 4) is 5.88 Å². The van der Waals surface area contributed by atoms with Crippen molar-refractivity contribution in [3.05, 3.63) is 70.2 Å². The number of nitrogens with zero attached hydrogens (tertiary/aromatic N) is 1. The lowest BCUT2D eigenvalue weighted by atomic mass is 10.1. The Labute approximate surface area is 189 Å². The first-order chi connectivity index (χ1) is 15.4. The van der Waals surface area contributed by atoms with Crippen LogP contribution in [0.5, 0.6) is 5.88 Å². The third-order valence-corrected chi connectivity index (χ3v) is 4.87. The number of hydrogen-bond acceptors (Lipinski definition) is 6. The Morgan fingerprint density at radius 2 is 1.66 bits per heavy atom. The van der Waals surface area contributed by atoms with E-state index in [4.69, 9.17) is 21.1 Å². The number of carbonyl (C=O) groups excluding carboxylic acids is 3. The molecule has 32 heavy (non-hydrogen) atoms. The van der Waals surface area contributed by atoms with Gasteiger partial charge in [-0.1, -0.05) is 41.9 Å². The Morgan fingerprint density at radius 1 is 0.969 bits per heavy atom. The van der Waals surface area contributed by atoms with Gasteiger partial charge in [-0.25, -0.2) is 9.78 Å². The third kappa shape index (κ3) is 5.73. The molecule has 1 heterocycles. The molecule has 0 saturated carbocycles. The number of pyridine rings is 1. The second kappa shape index (κ2) is 10.6. The van der Waals surface area contributed by atoms with Gasteiger partial charge in [-0.3, -0.25) is 9.59 Å². The Bertz CT molecular complexity index is 1150. The van der Waals surface area contributed by atoms with Crippen molar-refractivity contribution in [2.75, 3.05) is 14.2 Å². The second-order valence-electron chi connectivity index (χ2n) is 6.89. The van der Waals surface area contributed by atoms with Gasteiger partial charge in [-0.15, -0.1) is 0 Å². The molecule has 2 aromatic carbocycles. The molecule has 0 saturated heterocycles. The molecule has 0 aliphatic carbocycles. The fraction of sp³-hybridized carbons (Fsp3) is 0.217. The molecule has 9 heteroatoms. The number of halogens is 1. The molecule has 0 radical (unpaired) electrons. The Hall–Kier alpha value is -3.65. The number of nitrogens with one attached hydrogen (secondary N) is 2. The van der Waals surface area contributed by atoms with Gasteiger partial charge in [0.05, 0.1) is 19.7 Å². The molecule has 0 fully saturated rings. The molecule has 166 valence electrons. The number of methoxy groups -OCH3 is 2. The highest BCUT2D eigenvalue weighted by molar-refractivity contribution is 6.31. The van der Waals surface area contributed by atoms with E-state index in [9.17, 15) is 14.4 Å². The van der Waals surface area contributed by atoms with Gasteiger partial charge in [0.25, 0.3) is 0 Å². The summed E-state index contributed by atoms with van der Waals surface area (Å²) in [6.45, 7) is 0.438. The Kier molecular flexibility index (Phi) is 7.62. The summed E-state index contributed by atoms with van der Waals surface area (Å²) in [4.78, 5) is 40.7. The topological polar surface area (TPSA) is 107 Å². The molecule has 0 aliphatic rings. The fourth-order valence-electron chi connectivity index (χ4n) is 3.11. The number of hydrogen-bond donors (Lipinski definition) is 2. The highest BCUT2D eigenvalue weighted by Crippen LogP contribution is 2.28. The highest BCUT2D eigenvalue weighted by atomic mass is 35.5. The van der Waals surface area contributed by atoms with Crippen LogP contribution >= 0.6 is 11.6 Å². The van der Waals surface area contributed by atoms with Crippen LogP contribution in [0.2, 0.25) is 5.02 Å². The van der Waals surface area contributed by atoms with Crippen molar-refractivity contribution < 1.29 is 23.9 Å². The number of esters is 1. The average Bonchev–Trinajstić information content (AvgIpc) is 2.80. The first kappa shape index (κ1) is 23.0. The molecular weight excluding hydrogens is 434 g/mol. The quantitative estimate of drug-likeness (QED) is 0.399. The molecule has 1 aromatic heterocycles. The van der Waals surface area contributed by atoms with Crippen molar-refractivity contribution in [3.63, 3.8) is 0 Å². The van der Waals surface area contributed by atoms with Gasteiger partial charge in [0.2, 0.25) is 17.7 Å². The van der Waals surface area contributed by atoms with Crippen LogP contribution in [0.1, 0.15) is 27.9 Å². The summed E-state index contributed by atoms with van der Waals surface area (Å²) in [6.07, 6.45) is -0.311. The molecule has 0 spiro atoms. The van der Waals surface area contributed by atoms with E-state index in [-0.39, 0.29) is 30.3 Å². The van der Waals surface area contributed by atoms with Gasteiger partial charge >= 0.3 is 5.97 Å². The lowest BCUT2D eigenvalue weighted by Crippen LogP contribution is -2.31. The summed E-state index contributed by atoms with van der Waals surface area (Å²) >= 11 is 6.21. The van der Waals surface area contributed by atoms with E-state index in [1.54, 1.807) is 18.2 Å². The summed E-state index contributed by atoms with van der Waals surface area (Å²) in [5.41, 5.74) is 2.22. The van der Waals surface area contributed by atoms with Crippen molar-refractivity contribution in [1.82, 2.24) is 15.6 Å². The normalized spacial score (nSPS) is 10.5. The minimum absolute atomic E-state index is 0.0928. The minimum atomic E-state index is -0.590. The number of amides is 2. The Morgan fingerprint density at radius 3 is 2.31 bits per heavy atom. The van der Waals surface area contributed by atoms with Gasteiger partial charge in [0.15, 0.2) is 0 Å². The van der Waals surface area contributed by atoms with Crippen molar-refractivity contribution in [2.24, 2.45) is 0 Å². The number of aromatic nitrogens is 1. The molecule has 0 unspecified atom stereocenters. The van der Waals surface area contributed by atoms with Gasteiger partial charge < -0.3 is 20.1 Å². The maximum atomic E-state index is 12.3. The third-order valence-electron chi connectivity index (χ3n) is 4.65. The molecule has 0 bridgehead atoms. The van der Waals surface area contributed by atoms with Crippen LogP contribution in [0.15, 0.2) is 48.5 Å². The van der Waals surface area contributed by atoms with E-state index in [1.165, 1.54) is 14.2 Å². The van der Waals surface area contributed by atoms with E-state index >= 15 is 0 Å². The van der Waals surface area contributed by atoms with E-state index in [2.05, 4.69) is 15.6 Å². The van der Waals surface area contributed by atoms with Gasteiger partial charge in [0.1, 0.15) is 12.0 Å². The summed E-state index contributed by atoms with van der Waals surface area (Å²) in [5, 5.41) is 6.41. The fourth-order valence-corrected chi connectivity index (χ4v) is 3.36. The van der Waals surface area contributed by atoms with Crippen molar-refractivity contribution >= 4 is 40.3 Å². The van der Waals surface area contributed by atoms with Crippen LogP contribution in [0.4, 0.5) is 0 Å². The van der Waals surface area contributed by atoms with Gasteiger partial charge in [0, 0.05) is 23.5 Å². The van der Waals surface area contributed by atoms with Crippen LogP contribution in [0, 0.1) is 0 Å². The summed E-state index contributed by atoms with van der Waals surface area (Å²) in [5.74, 6) is -1.32. The molecule has 0 aliphatic heterocycles. The zero-order chi connectivity index (χ0) is 23.1. The van der Waals surface area contributed by atoms with E-state index in [1.807, 2.05) is 30.3 Å². The monoisotopic (exact) mass is 455 g/mol. The predicted octanol–water partition coefficient (Wildman–Crippen LogP) is 3.01. The lowest BCUT2D eigenvalue weighted by molar-refractivity contribution is -0.129. The second-order valence-corrected chi connectivity index (χ2v) is 7.33. The predicted molar refractivity (Wildman–Crippen MR) is 119 cm³/mol. The number of fused-ring (bicyclic) bond motifs is 1. The first-order valence-electron chi connectivity index (χ1n) is 9.74. The summed E-state index contributed by atoms with van der Waals surface area (Å²) < 4.78 is 9.98. The van der Waals surface area contributed by atoms with Crippen LogP contribution in [-0.4, -0.2) is 37.0 Å². The van der Waals surface area contributed by atoms with Gasteiger partial charge in [-0.05, 0) is 29.3 Å². The maximum Gasteiger partial charge on any atom is 0.343 e. The molecule has 8 nitrogen and oxygen atoms in total. The van der Waals surface area contributed by atoms with E-state index < -0.39 is 11.9 Å². The number of benzene rings is 2. The van der Waals surface area contributed by atoms with Crippen LogP contribution in [0.25, 0.3) is 10.9 Å². The number of rotatable bonds is 8. The highest BCUT2D eigenvalue weighted by Gasteiger charge is 2.18. The first-order valence-corrected chi connectivity index (χ1v) is 10.1. The molecule has 3 rings (SSSR count). The SMILES string of the molecule is COC(=O)c1cc2cc(Cl)cc(CNC(=O)CC(=O)NCc3ccccc3)c2nc1OC. The molecule has 0 atom stereocenters. The zero-order valence-corrected chi connectivity index (χ0v) is 18.4. The van der Waals surface area contributed by atoms with Crippen LogP contribution < -0.4 is 15.4 Å².